The molecule has 1 aromatic carbocycles. The second-order valence-corrected chi connectivity index (χ2v) is 9.32. The molecule has 2 aromatic rings. The number of phenolic OH excluding ortho intramolecular Hbond substituents is 1. The first-order valence-electron chi connectivity index (χ1n) is 10.3. The minimum absolute atomic E-state index is 0.0110. The zero-order chi connectivity index (χ0) is 22.4. The molecule has 1 unspecified atom stereocenters. The molecule has 1 amide bonds. The molecule has 30 heavy (non-hydrogen) atoms. The third-order valence-corrected chi connectivity index (χ3v) is 5.81. The van der Waals surface area contributed by atoms with Crippen LogP contribution in [0, 0.1) is 25.2 Å². The lowest BCUT2D eigenvalue weighted by Gasteiger charge is -2.29. The first kappa shape index (κ1) is 21.9. The highest BCUT2D eigenvalue weighted by molar-refractivity contribution is 5.94. The molecule has 162 valence electrons. The minimum atomic E-state index is -0.489. The van der Waals surface area contributed by atoms with Gasteiger partial charge in [-0.3, -0.25) is 9.59 Å². The number of benzene rings is 1. The summed E-state index contributed by atoms with van der Waals surface area (Å²) in [6.45, 7) is 12.0. The Labute approximate surface area is 176 Å². The number of methoxy groups -OCH3 is 1. The van der Waals surface area contributed by atoms with Crippen molar-refractivity contribution in [2.45, 2.75) is 60.4 Å². The van der Waals surface area contributed by atoms with Crippen molar-refractivity contribution in [3.8, 4) is 11.6 Å². The molecule has 1 aliphatic carbocycles. The maximum atomic E-state index is 13.2. The molecule has 7 nitrogen and oxygen atoms in total. The zero-order valence-corrected chi connectivity index (χ0v) is 18.8. The van der Waals surface area contributed by atoms with Crippen LogP contribution in [0.5, 0.6) is 11.6 Å². The maximum absolute atomic E-state index is 13.2. The monoisotopic (exact) mass is 413 g/mol. The standard InChI is InChI=1S/C23H31N3O4/c1-11(2)8-15-20(28)25-17(22(24-15)30-7)21(29)26-19-16-14(10-23(19,5)6)12(3)9-13(4)18(16)27/h9,11,19,27H,8,10H2,1-7H3,(H,25,28)(H,26,29). The van der Waals surface area contributed by atoms with Crippen molar-refractivity contribution in [1.82, 2.24) is 15.3 Å². The van der Waals surface area contributed by atoms with Gasteiger partial charge in [-0.1, -0.05) is 33.8 Å². The van der Waals surface area contributed by atoms with Crippen molar-refractivity contribution < 1.29 is 14.6 Å². The van der Waals surface area contributed by atoms with Crippen LogP contribution in [0.4, 0.5) is 0 Å². The number of aromatic hydroxyl groups is 1. The molecule has 1 aromatic heterocycles. The van der Waals surface area contributed by atoms with E-state index in [1.807, 2.05) is 33.8 Å². The number of rotatable bonds is 5. The van der Waals surface area contributed by atoms with Crippen molar-refractivity contribution >= 4 is 5.91 Å². The number of ether oxygens (including phenoxy) is 1. The summed E-state index contributed by atoms with van der Waals surface area (Å²) in [6, 6.07) is 1.55. The fourth-order valence-corrected chi connectivity index (χ4v) is 4.31. The van der Waals surface area contributed by atoms with Crippen molar-refractivity contribution in [2.75, 3.05) is 7.11 Å². The highest BCUT2D eigenvalue weighted by Gasteiger charge is 2.43. The number of phenols is 1. The van der Waals surface area contributed by atoms with E-state index in [1.54, 1.807) is 0 Å². The number of H-pyrrole nitrogens is 1. The fourth-order valence-electron chi connectivity index (χ4n) is 4.31. The van der Waals surface area contributed by atoms with Crippen LogP contribution in [0.2, 0.25) is 0 Å². The molecule has 0 spiro atoms. The lowest BCUT2D eigenvalue weighted by molar-refractivity contribution is 0.0893. The second kappa shape index (κ2) is 7.78. The normalized spacial score (nSPS) is 17.1. The molecule has 0 aliphatic heterocycles. The van der Waals surface area contributed by atoms with Crippen molar-refractivity contribution in [1.29, 1.82) is 0 Å². The molecule has 7 heteroatoms. The average molecular weight is 414 g/mol. The Morgan fingerprint density at radius 3 is 2.63 bits per heavy atom. The van der Waals surface area contributed by atoms with Gasteiger partial charge in [0.15, 0.2) is 5.69 Å². The van der Waals surface area contributed by atoms with E-state index < -0.39 is 17.5 Å². The molecule has 3 rings (SSSR count). The van der Waals surface area contributed by atoms with E-state index in [-0.39, 0.29) is 28.7 Å². The Morgan fingerprint density at radius 1 is 1.37 bits per heavy atom. The van der Waals surface area contributed by atoms with Gasteiger partial charge in [-0.2, -0.15) is 0 Å². The van der Waals surface area contributed by atoms with Gasteiger partial charge in [-0.25, -0.2) is 4.98 Å². The van der Waals surface area contributed by atoms with E-state index in [1.165, 1.54) is 7.11 Å². The largest absolute Gasteiger partial charge is 0.507 e. The van der Waals surface area contributed by atoms with Crippen LogP contribution in [0.1, 0.15) is 72.2 Å². The summed E-state index contributed by atoms with van der Waals surface area (Å²) in [5.74, 6) is 0.0472. The summed E-state index contributed by atoms with van der Waals surface area (Å²) in [5, 5.41) is 13.8. The van der Waals surface area contributed by atoms with Gasteiger partial charge in [0.25, 0.3) is 11.5 Å². The quantitative estimate of drug-likeness (QED) is 0.697. The van der Waals surface area contributed by atoms with E-state index in [2.05, 4.69) is 29.1 Å². The van der Waals surface area contributed by atoms with E-state index in [0.29, 0.717) is 12.1 Å². The number of nitrogens with one attached hydrogen (secondary N) is 2. The number of hydrogen-bond donors (Lipinski definition) is 3. The SMILES string of the molecule is COc1nc(CC(C)C)c(=O)[nH]c1C(=O)NC1c2c(O)c(C)cc(C)c2CC1(C)C. The van der Waals surface area contributed by atoms with Gasteiger partial charge < -0.3 is 20.1 Å². The number of hydrogen-bond acceptors (Lipinski definition) is 5. The molecule has 1 heterocycles. The topological polar surface area (TPSA) is 104 Å². The van der Waals surface area contributed by atoms with Gasteiger partial charge >= 0.3 is 0 Å². The number of aromatic nitrogens is 2. The van der Waals surface area contributed by atoms with Crippen LogP contribution >= 0.6 is 0 Å². The van der Waals surface area contributed by atoms with Gasteiger partial charge in [-0.15, -0.1) is 0 Å². The number of fused-ring (bicyclic) bond motifs is 1. The number of carbonyl (C=O) groups excluding carboxylic acids is 1. The molecule has 0 fully saturated rings. The van der Waals surface area contributed by atoms with Crippen LogP contribution in [0.3, 0.4) is 0 Å². The van der Waals surface area contributed by atoms with E-state index in [4.69, 9.17) is 4.74 Å². The van der Waals surface area contributed by atoms with Crippen molar-refractivity contribution in [2.24, 2.45) is 11.3 Å². The molecule has 1 atom stereocenters. The Balaban J connectivity index is 2.01. The average Bonchev–Trinajstić information content (AvgIpc) is 2.92. The van der Waals surface area contributed by atoms with Gasteiger partial charge in [-0.05, 0) is 54.7 Å². The Morgan fingerprint density at radius 2 is 2.03 bits per heavy atom. The lowest BCUT2D eigenvalue weighted by atomic mass is 9.85. The van der Waals surface area contributed by atoms with Crippen molar-refractivity contribution in [3.63, 3.8) is 0 Å². The van der Waals surface area contributed by atoms with Crippen LogP contribution in [0.15, 0.2) is 10.9 Å². The number of nitrogens with zero attached hydrogens (tertiary/aromatic N) is 1. The lowest BCUT2D eigenvalue weighted by Crippen LogP contribution is -2.37. The third-order valence-electron chi connectivity index (χ3n) is 5.81. The maximum Gasteiger partial charge on any atom is 0.273 e. The molecule has 0 bridgehead atoms. The Hall–Kier alpha value is -2.83. The molecule has 3 N–H and O–H groups in total. The second-order valence-electron chi connectivity index (χ2n) is 9.32. The predicted octanol–water partition coefficient (Wildman–Crippen LogP) is 3.35. The van der Waals surface area contributed by atoms with Crippen LogP contribution < -0.4 is 15.6 Å². The highest BCUT2D eigenvalue weighted by Crippen LogP contribution is 2.50. The summed E-state index contributed by atoms with van der Waals surface area (Å²) in [7, 11) is 1.42. The summed E-state index contributed by atoms with van der Waals surface area (Å²) >= 11 is 0. The predicted molar refractivity (Wildman–Crippen MR) is 115 cm³/mol. The van der Waals surface area contributed by atoms with Crippen LogP contribution in [-0.2, 0) is 12.8 Å². The van der Waals surface area contributed by atoms with Gasteiger partial charge in [0.2, 0.25) is 5.88 Å². The molecule has 1 aliphatic rings. The van der Waals surface area contributed by atoms with Gasteiger partial charge in [0, 0.05) is 5.56 Å². The summed E-state index contributed by atoms with van der Waals surface area (Å²) in [5.41, 5.74) is 3.29. The fraction of sp³-hybridized carbons (Fsp3) is 0.522. The molecular weight excluding hydrogens is 382 g/mol. The Bertz CT molecular complexity index is 1050. The number of amides is 1. The molecule has 0 saturated heterocycles. The minimum Gasteiger partial charge on any atom is -0.507 e. The summed E-state index contributed by atoms with van der Waals surface area (Å²) in [6.07, 6.45) is 1.22. The highest BCUT2D eigenvalue weighted by atomic mass is 16.5. The first-order chi connectivity index (χ1) is 14.0. The third kappa shape index (κ3) is 3.80. The molecular formula is C23H31N3O4. The van der Waals surface area contributed by atoms with Gasteiger partial charge in [0.1, 0.15) is 11.4 Å². The van der Waals surface area contributed by atoms with E-state index in [9.17, 15) is 14.7 Å². The molecule has 0 radical (unpaired) electrons. The van der Waals surface area contributed by atoms with Gasteiger partial charge in [0.05, 0.1) is 13.2 Å². The van der Waals surface area contributed by atoms with Crippen LogP contribution in [0.25, 0.3) is 0 Å². The number of carbonyl (C=O) groups is 1. The summed E-state index contributed by atoms with van der Waals surface area (Å²) < 4.78 is 5.30. The smallest absolute Gasteiger partial charge is 0.273 e. The Kier molecular flexibility index (Phi) is 5.67. The molecule has 0 saturated carbocycles. The first-order valence-corrected chi connectivity index (χ1v) is 10.3. The van der Waals surface area contributed by atoms with Crippen molar-refractivity contribution in [3.05, 3.63) is 50.1 Å². The zero-order valence-electron chi connectivity index (χ0n) is 18.8. The number of aromatic amines is 1. The summed E-state index contributed by atoms with van der Waals surface area (Å²) in [4.78, 5) is 32.5. The number of aryl methyl sites for hydroxylation is 2. The van der Waals surface area contributed by atoms with E-state index in [0.717, 1.165) is 28.7 Å². The van der Waals surface area contributed by atoms with E-state index >= 15 is 0 Å². The van der Waals surface area contributed by atoms with Crippen LogP contribution in [-0.4, -0.2) is 28.1 Å².